The summed E-state index contributed by atoms with van der Waals surface area (Å²) in [6.45, 7) is 4.42. The smallest absolute Gasteiger partial charge is 0.321 e. The number of carbonyl (C=O) groups excluding carboxylic acids is 1. The molecule has 0 saturated carbocycles. The predicted molar refractivity (Wildman–Crippen MR) is 71.1 cm³/mol. The van der Waals surface area contributed by atoms with Crippen LogP contribution in [0.25, 0.3) is 0 Å². The summed E-state index contributed by atoms with van der Waals surface area (Å²) in [5.74, 6) is -0.915. The highest BCUT2D eigenvalue weighted by molar-refractivity contribution is 5.90. The predicted octanol–water partition coefficient (Wildman–Crippen LogP) is 1.31. The number of hydrogen-bond acceptors (Lipinski definition) is 3. The standard InChI is InChI=1S/C12H20N4O3/c1-4-9-10(8-15(3)14-9)13-12(19)16(5-2)7-6-11(17)18/h8H,4-7H2,1-3H3,(H,13,19)(H,17,18). The van der Waals surface area contributed by atoms with Gasteiger partial charge in [0.25, 0.3) is 0 Å². The van der Waals surface area contributed by atoms with E-state index in [9.17, 15) is 9.59 Å². The fraction of sp³-hybridized carbons (Fsp3) is 0.583. The van der Waals surface area contributed by atoms with Gasteiger partial charge in [-0.3, -0.25) is 9.48 Å². The van der Waals surface area contributed by atoms with Gasteiger partial charge in [0, 0.05) is 26.3 Å². The maximum atomic E-state index is 12.0. The first-order valence-electron chi connectivity index (χ1n) is 6.28. The number of aryl methyl sites for hydroxylation is 2. The largest absolute Gasteiger partial charge is 0.481 e. The molecule has 7 nitrogen and oxygen atoms in total. The molecule has 0 aliphatic heterocycles. The first kappa shape index (κ1) is 15.0. The van der Waals surface area contributed by atoms with Crippen molar-refractivity contribution >= 4 is 17.7 Å². The van der Waals surface area contributed by atoms with E-state index in [1.807, 2.05) is 13.8 Å². The number of urea groups is 1. The molecule has 0 saturated heterocycles. The van der Waals surface area contributed by atoms with E-state index in [0.29, 0.717) is 12.2 Å². The van der Waals surface area contributed by atoms with Gasteiger partial charge in [0.1, 0.15) is 0 Å². The molecule has 2 N–H and O–H groups in total. The van der Waals surface area contributed by atoms with E-state index in [2.05, 4.69) is 10.4 Å². The lowest BCUT2D eigenvalue weighted by Crippen LogP contribution is -2.36. The number of aliphatic carboxylic acids is 1. The molecule has 0 aliphatic rings. The van der Waals surface area contributed by atoms with Crippen LogP contribution in [0.4, 0.5) is 10.5 Å². The van der Waals surface area contributed by atoms with Crippen LogP contribution < -0.4 is 5.32 Å². The number of carbonyl (C=O) groups is 2. The Morgan fingerprint density at radius 2 is 2.16 bits per heavy atom. The van der Waals surface area contributed by atoms with Gasteiger partial charge in [-0.15, -0.1) is 0 Å². The Morgan fingerprint density at radius 1 is 1.47 bits per heavy atom. The molecule has 0 aliphatic carbocycles. The van der Waals surface area contributed by atoms with Gasteiger partial charge in [-0.2, -0.15) is 5.10 Å². The van der Waals surface area contributed by atoms with Crippen LogP contribution >= 0.6 is 0 Å². The van der Waals surface area contributed by atoms with E-state index in [-0.39, 0.29) is 19.0 Å². The van der Waals surface area contributed by atoms with Crippen LogP contribution in [0, 0.1) is 0 Å². The fourth-order valence-electron chi connectivity index (χ4n) is 1.73. The van der Waals surface area contributed by atoms with Crippen molar-refractivity contribution in [3.63, 3.8) is 0 Å². The van der Waals surface area contributed by atoms with Crippen molar-refractivity contribution in [2.75, 3.05) is 18.4 Å². The second-order valence-corrected chi connectivity index (χ2v) is 4.17. The average molecular weight is 268 g/mol. The zero-order valence-electron chi connectivity index (χ0n) is 11.5. The van der Waals surface area contributed by atoms with Crippen molar-refractivity contribution < 1.29 is 14.7 Å². The number of amides is 2. The summed E-state index contributed by atoms with van der Waals surface area (Å²) in [5.41, 5.74) is 1.48. The number of aromatic nitrogens is 2. The second-order valence-electron chi connectivity index (χ2n) is 4.17. The third-order valence-corrected chi connectivity index (χ3v) is 2.75. The summed E-state index contributed by atoms with van der Waals surface area (Å²) < 4.78 is 1.64. The number of nitrogens with one attached hydrogen (secondary N) is 1. The van der Waals surface area contributed by atoms with E-state index >= 15 is 0 Å². The van der Waals surface area contributed by atoms with Crippen molar-refractivity contribution in [1.29, 1.82) is 0 Å². The number of nitrogens with zero attached hydrogens (tertiary/aromatic N) is 3. The molecule has 0 fully saturated rings. The molecule has 1 heterocycles. The number of rotatable bonds is 6. The molecule has 0 spiro atoms. The molecule has 1 rings (SSSR count). The lowest BCUT2D eigenvalue weighted by atomic mass is 10.3. The zero-order chi connectivity index (χ0) is 14.4. The minimum atomic E-state index is -0.915. The van der Waals surface area contributed by atoms with E-state index in [0.717, 1.165) is 12.1 Å². The number of hydrogen-bond donors (Lipinski definition) is 2. The van der Waals surface area contributed by atoms with Crippen LogP contribution in [0.2, 0.25) is 0 Å². The molecule has 19 heavy (non-hydrogen) atoms. The molecular formula is C12H20N4O3. The normalized spacial score (nSPS) is 10.3. The van der Waals surface area contributed by atoms with Crippen molar-refractivity contribution in [1.82, 2.24) is 14.7 Å². The number of carboxylic acid groups (broad SMARTS) is 1. The van der Waals surface area contributed by atoms with E-state index < -0.39 is 5.97 Å². The Labute approximate surface area is 112 Å². The molecule has 0 unspecified atom stereocenters. The summed E-state index contributed by atoms with van der Waals surface area (Å²) in [5, 5.41) is 15.6. The second kappa shape index (κ2) is 6.77. The van der Waals surface area contributed by atoms with Gasteiger partial charge in [0.2, 0.25) is 0 Å². The van der Waals surface area contributed by atoms with Gasteiger partial charge >= 0.3 is 12.0 Å². The number of carboxylic acids is 1. The van der Waals surface area contributed by atoms with E-state index in [1.165, 1.54) is 4.90 Å². The minimum Gasteiger partial charge on any atom is -0.481 e. The fourth-order valence-corrected chi connectivity index (χ4v) is 1.73. The highest BCUT2D eigenvalue weighted by atomic mass is 16.4. The molecule has 1 aromatic rings. The summed E-state index contributed by atoms with van der Waals surface area (Å²) in [6, 6.07) is -0.300. The lowest BCUT2D eigenvalue weighted by Gasteiger charge is -2.20. The summed E-state index contributed by atoms with van der Waals surface area (Å²) >= 11 is 0. The number of anilines is 1. The molecule has 1 aromatic heterocycles. The molecule has 106 valence electrons. The summed E-state index contributed by atoms with van der Waals surface area (Å²) in [6.07, 6.45) is 2.40. The lowest BCUT2D eigenvalue weighted by molar-refractivity contribution is -0.137. The van der Waals surface area contributed by atoms with Crippen molar-refractivity contribution in [3.05, 3.63) is 11.9 Å². The van der Waals surface area contributed by atoms with E-state index in [1.54, 1.807) is 17.9 Å². The van der Waals surface area contributed by atoms with Gasteiger partial charge < -0.3 is 15.3 Å². The SMILES string of the molecule is CCc1nn(C)cc1NC(=O)N(CC)CCC(=O)O. The Hall–Kier alpha value is -2.05. The Balaban J connectivity index is 2.68. The van der Waals surface area contributed by atoms with Gasteiger partial charge in [-0.25, -0.2) is 4.79 Å². The van der Waals surface area contributed by atoms with Gasteiger partial charge in [-0.1, -0.05) is 6.92 Å². The quantitative estimate of drug-likeness (QED) is 0.814. The van der Waals surface area contributed by atoms with Crippen molar-refractivity contribution in [2.45, 2.75) is 26.7 Å². The van der Waals surface area contributed by atoms with Crippen LogP contribution in [0.15, 0.2) is 6.20 Å². The molecule has 2 amide bonds. The van der Waals surface area contributed by atoms with Gasteiger partial charge in [-0.05, 0) is 13.3 Å². The van der Waals surface area contributed by atoms with Crippen LogP contribution in [0.5, 0.6) is 0 Å². The monoisotopic (exact) mass is 268 g/mol. The molecule has 7 heteroatoms. The molecular weight excluding hydrogens is 248 g/mol. The van der Waals surface area contributed by atoms with Crippen LogP contribution in [0.3, 0.4) is 0 Å². The Bertz CT molecular complexity index is 456. The summed E-state index contributed by atoms with van der Waals surface area (Å²) in [4.78, 5) is 24.0. The van der Waals surface area contributed by atoms with Crippen molar-refractivity contribution in [3.8, 4) is 0 Å². The molecule has 0 bridgehead atoms. The highest BCUT2D eigenvalue weighted by Crippen LogP contribution is 2.14. The average Bonchev–Trinajstić information content (AvgIpc) is 2.69. The van der Waals surface area contributed by atoms with Crippen LogP contribution in [0.1, 0.15) is 26.0 Å². The maximum Gasteiger partial charge on any atom is 0.321 e. The third kappa shape index (κ3) is 4.27. The first-order valence-corrected chi connectivity index (χ1v) is 6.28. The molecule has 0 radical (unpaired) electrons. The third-order valence-electron chi connectivity index (χ3n) is 2.75. The van der Waals surface area contributed by atoms with Crippen LogP contribution in [-0.4, -0.2) is 44.9 Å². The Morgan fingerprint density at radius 3 is 2.68 bits per heavy atom. The zero-order valence-corrected chi connectivity index (χ0v) is 11.5. The van der Waals surface area contributed by atoms with Crippen LogP contribution in [-0.2, 0) is 18.3 Å². The van der Waals surface area contributed by atoms with Gasteiger partial charge in [0.05, 0.1) is 17.8 Å². The first-order chi connectivity index (χ1) is 8.97. The molecule has 0 aromatic carbocycles. The minimum absolute atomic E-state index is 0.0606. The van der Waals surface area contributed by atoms with Crippen molar-refractivity contribution in [2.24, 2.45) is 7.05 Å². The maximum absolute atomic E-state index is 12.0. The highest BCUT2D eigenvalue weighted by Gasteiger charge is 2.15. The summed E-state index contributed by atoms with van der Waals surface area (Å²) in [7, 11) is 1.79. The van der Waals surface area contributed by atoms with Gasteiger partial charge in [0.15, 0.2) is 0 Å². The molecule has 0 atom stereocenters. The topological polar surface area (TPSA) is 87.5 Å². The van der Waals surface area contributed by atoms with E-state index in [4.69, 9.17) is 5.11 Å². The Kier molecular flexibility index (Phi) is 5.35.